The Morgan fingerprint density at radius 3 is 2.52 bits per heavy atom. The second-order valence-corrected chi connectivity index (χ2v) is 6.50. The number of aliphatic hydroxyl groups excluding tert-OH is 1. The molecule has 0 radical (unpaired) electrons. The van der Waals surface area contributed by atoms with Crippen molar-refractivity contribution in [3.8, 4) is 0 Å². The van der Waals surface area contributed by atoms with Crippen LogP contribution in [0.5, 0.6) is 0 Å². The molecule has 1 amide bonds. The Kier molecular flexibility index (Phi) is 5.01. The van der Waals surface area contributed by atoms with Crippen LogP contribution in [-0.2, 0) is 4.79 Å². The number of β-amino-alcohol motifs (C(OH)–C–C–N with tert-alkyl or cyclic N) is 1. The second-order valence-electron chi connectivity index (χ2n) is 6.50. The summed E-state index contributed by atoms with van der Waals surface area (Å²) in [7, 11) is 0. The van der Waals surface area contributed by atoms with Crippen molar-refractivity contribution in [2.45, 2.75) is 58.1 Å². The molecule has 1 heterocycles. The van der Waals surface area contributed by atoms with E-state index in [0.29, 0.717) is 24.8 Å². The number of anilines is 1. The molecule has 4 nitrogen and oxygen atoms in total. The Bertz CT molecular complexity index is 512. The third kappa shape index (κ3) is 3.83. The number of hydrogen-bond acceptors (Lipinski definition) is 3. The van der Waals surface area contributed by atoms with Crippen molar-refractivity contribution in [1.29, 1.82) is 0 Å². The lowest BCUT2D eigenvalue weighted by atomic mass is 9.94. The molecule has 2 atom stereocenters. The Balaban J connectivity index is 2.17. The number of rotatable bonds is 4. The van der Waals surface area contributed by atoms with Crippen LogP contribution < -0.4 is 10.6 Å². The van der Waals surface area contributed by atoms with E-state index in [1.54, 1.807) is 0 Å². The fraction of sp³-hybridized carbons (Fsp3) is 0.588. The van der Waals surface area contributed by atoms with E-state index in [2.05, 4.69) is 50.5 Å². The Hall–Kier alpha value is -1.39. The molecule has 1 saturated heterocycles. The van der Waals surface area contributed by atoms with Crippen molar-refractivity contribution >= 4 is 11.6 Å². The zero-order chi connectivity index (χ0) is 15.6. The van der Waals surface area contributed by atoms with Crippen LogP contribution in [0.3, 0.4) is 0 Å². The second kappa shape index (κ2) is 6.58. The fourth-order valence-electron chi connectivity index (χ4n) is 2.67. The molecule has 0 bridgehead atoms. The van der Waals surface area contributed by atoms with Crippen LogP contribution in [0.1, 0.15) is 57.1 Å². The van der Waals surface area contributed by atoms with Gasteiger partial charge in [0.15, 0.2) is 0 Å². The van der Waals surface area contributed by atoms with E-state index in [9.17, 15) is 9.90 Å². The minimum atomic E-state index is -0.423. The first kappa shape index (κ1) is 16.0. The van der Waals surface area contributed by atoms with Gasteiger partial charge in [0.2, 0.25) is 5.91 Å². The lowest BCUT2D eigenvalue weighted by molar-refractivity contribution is -0.117. The third-order valence-electron chi connectivity index (χ3n) is 4.05. The topological polar surface area (TPSA) is 61.4 Å². The Morgan fingerprint density at radius 1 is 1.29 bits per heavy atom. The summed E-state index contributed by atoms with van der Waals surface area (Å²) in [6, 6.07) is 5.95. The average molecular weight is 290 g/mol. The smallest absolute Gasteiger partial charge is 0.241 e. The predicted octanol–water partition coefficient (Wildman–Crippen LogP) is 2.59. The van der Waals surface area contributed by atoms with Crippen molar-refractivity contribution in [1.82, 2.24) is 5.32 Å². The number of benzene rings is 1. The molecule has 1 fully saturated rings. The van der Waals surface area contributed by atoms with Gasteiger partial charge < -0.3 is 15.7 Å². The van der Waals surface area contributed by atoms with Gasteiger partial charge in [-0.3, -0.25) is 4.79 Å². The van der Waals surface area contributed by atoms with Crippen LogP contribution in [0, 0.1) is 0 Å². The summed E-state index contributed by atoms with van der Waals surface area (Å²) in [5, 5.41) is 15.6. The minimum absolute atomic E-state index is 0.0641. The molecular weight excluding hydrogens is 264 g/mol. The molecule has 2 unspecified atom stereocenters. The van der Waals surface area contributed by atoms with Crippen LogP contribution >= 0.6 is 0 Å². The maximum absolute atomic E-state index is 12.3. The summed E-state index contributed by atoms with van der Waals surface area (Å²) in [6.07, 6.45) is 0.0565. The lowest BCUT2D eigenvalue weighted by Gasteiger charge is -2.18. The monoisotopic (exact) mass is 290 g/mol. The molecule has 116 valence electrons. The van der Waals surface area contributed by atoms with Crippen LogP contribution in [0.4, 0.5) is 5.69 Å². The number of hydrogen-bond donors (Lipinski definition) is 3. The first-order chi connectivity index (χ1) is 9.88. The first-order valence-corrected chi connectivity index (χ1v) is 7.74. The molecule has 1 aliphatic rings. The summed E-state index contributed by atoms with van der Waals surface area (Å²) in [6.45, 7) is 9.09. The number of amides is 1. The molecular formula is C17H26N2O2. The van der Waals surface area contributed by atoms with Crippen LogP contribution in [0.25, 0.3) is 0 Å². The van der Waals surface area contributed by atoms with E-state index in [4.69, 9.17) is 0 Å². The van der Waals surface area contributed by atoms with E-state index in [1.165, 1.54) is 5.56 Å². The Labute approximate surface area is 126 Å². The molecule has 0 aliphatic carbocycles. The van der Waals surface area contributed by atoms with Gasteiger partial charge >= 0.3 is 0 Å². The quantitative estimate of drug-likeness (QED) is 0.799. The SMILES string of the molecule is CC(C)c1ccc(NC(=O)C2CC(O)CN2)c(C(C)C)c1. The molecule has 21 heavy (non-hydrogen) atoms. The lowest BCUT2D eigenvalue weighted by Crippen LogP contribution is -2.35. The highest BCUT2D eigenvalue weighted by Crippen LogP contribution is 2.28. The van der Waals surface area contributed by atoms with Crippen LogP contribution in [-0.4, -0.2) is 29.7 Å². The van der Waals surface area contributed by atoms with E-state index in [0.717, 1.165) is 11.3 Å². The highest BCUT2D eigenvalue weighted by Gasteiger charge is 2.28. The molecule has 0 aromatic heterocycles. The molecule has 1 aromatic rings. The van der Waals surface area contributed by atoms with Gasteiger partial charge in [-0.2, -0.15) is 0 Å². The maximum Gasteiger partial charge on any atom is 0.241 e. The van der Waals surface area contributed by atoms with Crippen molar-refractivity contribution < 1.29 is 9.90 Å². The predicted molar refractivity (Wildman–Crippen MR) is 85.7 cm³/mol. The van der Waals surface area contributed by atoms with E-state index >= 15 is 0 Å². The zero-order valence-corrected chi connectivity index (χ0v) is 13.3. The molecule has 1 aliphatic heterocycles. The summed E-state index contributed by atoms with van der Waals surface area (Å²) in [5.41, 5.74) is 3.32. The van der Waals surface area contributed by atoms with Gasteiger partial charge in [0, 0.05) is 12.2 Å². The fourth-order valence-corrected chi connectivity index (χ4v) is 2.67. The molecule has 1 aromatic carbocycles. The summed E-state index contributed by atoms with van der Waals surface area (Å²) in [4.78, 5) is 12.3. The Morgan fingerprint density at radius 2 is 2.00 bits per heavy atom. The average Bonchev–Trinajstić information content (AvgIpc) is 2.85. The van der Waals surface area contributed by atoms with Crippen molar-refractivity contribution in [2.75, 3.05) is 11.9 Å². The molecule has 0 spiro atoms. The van der Waals surface area contributed by atoms with Gasteiger partial charge in [0.1, 0.15) is 0 Å². The highest BCUT2D eigenvalue weighted by molar-refractivity contribution is 5.95. The third-order valence-corrected chi connectivity index (χ3v) is 4.05. The van der Waals surface area contributed by atoms with Crippen LogP contribution in [0.15, 0.2) is 18.2 Å². The van der Waals surface area contributed by atoms with E-state index in [-0.39, 0.29) is 11.9 Å². The standard InChI is InChI=1S/C17H26N2O2/c1-10(2)12-5-6-15(14(7-12)11(3)4)19-17(21)16-8-13(20)9-18-16/h5-7,10-11,13,16,18,20H,8-9H2,1-4H3,(H,19,21). The van der Waals surface area contributed by atoms with Crippen molar-refractivity contribution in [3.63, 3.8) is 0 Å². The normalized spacial score (nSPS) is 22.0. The van der Waals surface area contributed by atoms with Gasteiger partial charge in [0.25, 0.3) is 0 Å². The molecule has 2 rings (SSSR count). The maximum atomic E-state index is 12.3. The largest absolute Gasteiger partial charge is 0.392 e. The van der Waals surface area contributed by atoms with E-state index < -0.39 is 6.10 Å². The van der Waals surface area contributed by atoms with Gasteiger partial charge in [-0.15, -0.1) is 0 Å². The van der Waals surface area contributed by atoms with Gasteiger partial charge in [0.05, 0.1) is 12.1 Å². The molecule has 4 heteroatoms. The summed E-state index contributed by atoms with van der Waals surface area (Å²) >= 11 is 0. The van der Waals surface area contributed by atoms with Gasteiger partial charge in [-0.25, -0.2) is 0 Å². The molecule has 0 saturated carbocycles. The number of aliphatic hydroxyl groups is 1. The number of carbonyl (C=O) groups is 1. The molecule has 3 N–H and O–H groups in total. The summed E-state index contributed by atoms with van der Waals surface area (Å²) < 4.78 is 0. The summed E-state index contributed by atoms with van der Waals surface area (Å²) in [5.74, 6) is 0.755. The van der Waals surface area contributed by atoms with E-state index in [1.807, 2.05) is 6.07 Å². The number of nitrogens with one attached hydrogen (secondary N) is 2. The van der Waals surface area contributed by atoms with Crippen molar-refractivity contribution in [3.05, 3.63) is 29.3 Å². The zero-order valence-electron chi connectivity index (χ0n) is 13.3. The van der Waals surface area contributed by atoms with Crippen LogP contribution in [0.2, 0.25) is 0 Å². The van der Waals surface area contributed by atoms with Gasteiger partial charge in [-0.05, 0) is 35.4 Å². The highest BCUT2D eigenvalue weighted by atomic mass is 16.3. The minimum Gasteiger partial charge on any atom is -0.392 e. The van der Waals surface area contributed by atoms with Crippen molar-refractivity contribution in [2.24, 2.45) is 0 Å². The van der Waals surface area contributed by atoms with Gasteiger partial charge in [-0.1, -0.05) is 39.8 Å². The first-order valence-electron chi connectivity index (χ1n) is 7.74. The number of carbonyl (C=O) groups excluding carboxylic acids is 1.